The van der Waals surface area contributed by atoms with Crippen LogP contribution in [0.15, 0.2) is 53.1 Å². The van der Waals surface area contributed by atoms with E-state index in [1.807, 2.05) is 53.1 Å². The molecular formula is C25H27ClN4O3S. The Morgan fingerprint density at radius 1 is 1.24 bits per heavy atom. The molecule has 4 aromatic rings. The fourth-order valence-electron chi connectivity index (χ4n) is 4.40. The molecule has 0 spiro atoms. The van der Waals surface area contributed by atoms with Crippen molar-refractivity contribution in [3.05, 3.63) is 58.6 Å². The first-order valence-corrected chi connectivity index (χ1v) is 12.7. The summed E-state index contributed by atoms with van der Waals surface area (Å²) in [6, 6.07) is 16.1. The number of nitrogens with one attached hydrogen (secondary N) is 1. The fraction of sp³-hybridized carbons (Fsp3) is 0.360. The number of amides is 1. The van der Waals surface area contributed by atoms with Gasteiger partial charge in [0.05, 0.1) is 21.3 Å². The van der Waals surface area contributed by atoms with Crippen molar-refractivity contribution in [3.8, 4) is 16.5 Å². The Hall–Kier alpha value is -2.81. The van der Waals surface area contributed by atoms with Crippen molar-refractivity contribution >= 4 is 39.9 Å². The third-order valence-corrected chi connectivity index (χ3v) is 7.50. The van der Waals surface area contributed by atoms with Gasteiger partial charge in [-0.2, -0.15) is 0 Å². The van der Waals surface area contributed by atoms with Crippen LogP contribution in [-0.4, -0.2) is 45.9 Å². The summed E-state index contributed by atoms with van der Waals surface area (Å²) in [5, 5.41) is 8.21. The summed E-state index contributed by atoms with van der Waals surface area (Å²) in [4.78, 5) is 16.1. The zero-order chi connectivity index (χ0) is 23.7. The molecule has 1 aromatic carbocycles. The number of ether oxygens (including phenoxy) is 1. The summed E-state index contributed by atoms with van der Waals surface area (Å²) in [5.41, 5.74) is 1.68. The number of halogens is 1. The number of nitrogens with zero attached hydrogens (tertiary/aromatic N) is 3. The maximum Gasteiger partial charge on any atom is 0.414 e. The normalized spacial score (nSPS) is 15.3. The number of carbonyl (C=O) groups is 1. The highest BCUT2D eigenvalue weighted by atomic mass is 35.5. The number of thiophene rings is 1. The molecule has 7 nitrogen and oxygen atoms in total. The zero-order valence-electron chi connectivity index (χ0n) is 19.2. The first-order valence-electron chi connectivity index (χ1n) is 11.5. The Morgan fingerprint density at radius 2 is 2.03 bits per heavy atom. The van der Waals surface area contributed by atoms with Crippen LogP contribution < -0.4 is 10.1 Å². The van der Waals surface area contributed by atoms with Crippen molar-refractivity contribution in [1.82, 2.24) is 19.9 Å². The van der Waals surface area contributed by atoms with Gasteiger partial charge in [0.25, 0.3) is 0 Å². The summed E-state index contributed by atoms with van der Waals surface area (Å²) in [7, 11) is 0. The lowest BCUT2D eigenvalue weighted by atomic mass is 10.0. The Bertz CT molecular complexity index is 1290. The van der Waals surface area contributed by atoms with Crippen LogP contribution in [0.25, 0.3) is 21.5 Å². The summed E-state index contributed by atoms with van der Waals surface area (Å²) in [6.07, 6.45) is 1.41. The highest BCUT2D eigenvalue weighted by molar-refractivity contribution is 7.19. The van der Waals surface area contributed by atoms with Gasteiger partial charge in [-0.15, -0.1) is 11.3 Å². The number of piperidine rings is 1. The van der Waals surface area contributed by atoms with E-state index in [1.54, 1.807) is 0 Å². The number of aromatic nitrogens is 2. The summed E-state index contributed by atoms with van der Waals surface area (Å²) in [5.74, 6) is 1.13. The predicted octanol–water partition coefficient (Wildman–Crippen LogP) is 6.02. The van der Waals surface area contributed by atoms with Gasteiger partial charge in [0.15, 0.2) is 5.76 Å². The van der Waals surface area contributed by atoms with E-state index in [-0.39, 0.29) is 6.04 Å². The molecule has 5 rings (SSSR count). The van der Waals surface area contributed by atoms with Crippen molar-refractivity contribution in [3.63, 3.8) is 0 Å². The molecule has 1 amide bonds. The maximum absolute atomic E-state index is 12.8. The van der Waals surface area contributed by atoms with Gasteiger partial charge in [-0.1, -0.05) is 35.0 Å². The molecule has 0 atom stereocenters. The molecular weight excluding hydrogens is 472 g/mol. The zero-order valence-corrected chi connectivity index (χ0v) is 20.7. The number of hydrogen-bond acceptors (Lipinski definition) is 6. The van der Waals surface area contributed by atoms with Crippen LogP contribution in [0, 0.1) is 0 Å². The number of hydrogen-bond donors (Lipinski definition) is 1. The Labute approximate surface area is 207 Å². The Kier molecular flexibility index (Phi) is 6.63. The maximum atomic E-state index is 12.8. The van der Waals surface area contributed by atoms with Crippen molar-refractivity contribution < 1.29 is 14.1 Å². The monoisotopic (exact) mass is 498 g/mol. The van der Waals surface area contributed by atoms with Crippen LogP contribution in [0.5, 0.6) is 5.88 Å². The molecule has 1 fully saturated rings. The average molecular weight is 499 g/mol. The van der Waals surface area contributed by atoms with Crippen LogP contribution in [0.1, 0.15) is 32.4 Å². The van der Waals surface area contributed by atoms with Crippen LogP contribution in [0.3, 0.4) is 0 Å². The van der Waals surface area contributed by atoms with Crippen LogP contribution in [-0.2, 0) is 6.54 Å². The molecule has 0 radical (unpaired) electrons. The molecule has 1 N–H and O–H groups in total. The van der Waals surface area contributed by atoms with Crippen molar-refractivity contribution in [2.75, 3.05) is 13.1 Å². The molecule has 0 aliphatic carbocycles. The Morgan fingerprint density at radius 3 is 2.76 bits per heavy atom. The minimum atomic E-state index is -0.432. The molecule has 0 saturated carbocycles. The van der Waals surface area contributed by atoms with Crippen LogP contribution in [0.2, 0.25) is 4.34 Å². The van der Waals surface area contributed by atoms with Crippen molar-refractivity contribution in [2.45, 2.75) is 45.3 Å². The number of fused-ring (bicyclic) bond motifs is 1. The predicted molar refractivity (Wildman–Crippen MR) is 135 cm³/mol. The second-order valence-electron chi connectivity index (χ2n) is 8.85. The first-order chi connectivity index (χ1) is 16.5. The third kappa shape index (κ3) is 4.99. The summed E-state index contributed by atoms with van der Waals surface area (Å²) < 4.78 is 14.0. The van der Waals surface area contributed by atoms with E-state index >= 15 is 0 Å². The summed E-state index contributed by atoms with van der Waals surface area (Å²) in [6.45, 7) is 6.75. The molecule has 1 saturated heterocycles. The highest BCUT2D eigenvalue weighted by Gasteiger charge is 2.23. The van der Waals surface area contributed by atoms with E-state index < -0.39 is 6.09 Å². The van der Waals surface area contributed by atoms with Crippen molar-refractivity contribution in [1.29, 1.82) is 0 Å². The second-order valence-corrected chi connectivity index (χ2v) is 10.6. The first kappa shape index (κ1) is 23.0. The van der Waals surface area contributed by atoms with Crippen LogP contribution >= 0.6 is 22.9 Å². The highest BCUT2D eigenvalue weighted by Crippen LogP contribution is 2.32. The van der Waals surface area contributed by atoms with Gasteiger partial charge < -0.3 is 24.0 Å². The van der Waals surface area contributed by atoms with E-state index in [4.69, 9.17) is 20.9 Å². The van der Waals surface area contributed by atoms with E-state index in [0.717, 1.165) is 47.4 Å². The van der Waals surface area contributed by atoms with Crippen LogP contribution in [0.4, 0.5) is 4.79 Å². The largest absolute Gasteiger partial charge is 0.414 e. The number of rotatable bonds is 6. The van der Waals surface area contributed by atoms with E-state index in [9.17, 15) is 4.79 Å². The second kappa shape index (κ2) is 9.82. The quantitative estimate of drug-likeness (QED) is 0.352. The minimum absolute atomic E-state index is 0.120. The lowest BCUT2D eigenvalue weighted by Gasteiger charge is -2.34. The molecule has 0 bridgehead atoms. The summed E-state index contributed by atoms with van der Waals surface area (Å²) >= 11 is 7.51. The molecule has 3 aromatic heterocycles. The van der Waals surface area contributed by atoms with Crippen molar-refractivity contribution in [2.24, 2.45) is 0 Å². The number of likely N-dealkylation sites (tertiary alicyclic amines) is 1. The Balaban J connectivity index is 1.31. The number of benzene rings is 1. The number of para-hydroxylation sites is 1. The van der Waals surface area contributed by atoms with E-state index in [0.29, 0.717) is 28.6 Å². The number of carbonyl (C=O) groups excluding carboxylic acids is 1. The molecule has 178 valence electrons. The molecule has 1 aliphatic heterocycles. The van der Waals surface area contributed by atoms with Gasteiger partial charge in [0.1, 0.15) is 5.69 Å². The average Bonchev–Trinajstić information content (AvgIpc) is 3.54. The topological polar surface area (TPSA) is 72.5 Å². The molecule has 4 heterocycles. The van der Waals surface area contributed by atoms with Gasteiger partial charge in [0.2, 0.25) is 5.88 Å². The lowest BCUT2D eigenvalue weighted by Crippen LogP contribution is -2.47. The van der Waals surface area contributed by atoms with Gasteiger partial charge >= 0.3 is 6.09 Å². The minimum Gasteiger partial charge on any atom is -0.393 e. The molecule has 34 heavy (non-hydrogen) atoms. The van der Waals surface area contributed by atoms with E-state index in [2.05, 4.69) is 29.2 Å². The molecule has 0 unspecified atom stereocenters. The third-order valence-electron chi connectivity index (χ3n) is 6.25. The molecule has 9 heteroatoms. The lowest BCUT2D eigenvalue weighted by molar-refractivity contribution is 0.151. The van der Waals surface area contributed by atoms with Gasteiger partial charge in [0, 0.05) is 42.7 Å². The van der Waals surface area contributed by atoms with Gasteiger partial charge in [-0.05, 0) is 44.9 Å². The SMILES string of the molecule is CC(C)N1CCC(NC(=O)Oc2cc3ccccc3n2Cc2cc(-c3ccc(Cl)s3)no2)CC1. The fourth-order valence-corrected chi connectivity index (χ4v) is 5.39. The smallest absolute Gasteiger partial charge is 0.393 e. The van der Waals surface area contributed by atoms with Gasteiger partial charge in [-0.3, -0.25) is 0 Å². The van der Waals surface area contributed by atoms with E-state index in [1.165, 1.54) is 11.3 Å². The molecule has 1 aliphatic rings. The van der Waals surface area contributed by atoms with Gasteiger partial charge in [-0.25, -0.2) is 4.79 Å². The standard InChI is InChI=1S/C25H27ClN4O3S/c1-16(2)29-11-9-18(10-12-29)27-25(31)32-24-13-17-5-3-4-6-21(17)30(24)15-19-14-20(28-33-19)22-7-8-23(26)34-22/h3-8,13-14,16,18H,9-12,15H2,1-2H3,(H,27,31).